The van der Waals surface area contributed by atoms with Gasteiger partial charge in [0.2, 0.25) is 5.91 Å². The van der Waals surface area contributed by atoms with Crippen LogP contribution >= 0.6 is 0 Å². The van der Waals surface area contributed by atoms with Crippen LogP contribution in [0.2, 0.25) is 0 Å². The predicted octanol–water partition coefficient (Wildman–Crippen LogP) is 3.73. The molecule has 0 radical (unpaired) electrons. The first-order valence-corrected chi connectivity index (χ1v) is 8.06. The lowest BCUT2D eigenvalue weighted by molar-refractivity contribution is -0.115. The number of hydrogen-bond acceptors (Lipinski definition) is 5. The Morgan fingerprint density at radius 1 is 1.08 bits per heavy atom. The van der Waals surface area contributed by atoms with Crippen molar-refractivity contribution in [1.82, 2.24) is 5.16 Å². The molecule has 0 atom stereocenters. The fourth-order valence-electron chi connectivity index (χ4n) is 2.44. The average Bonchev–Trinajstić information content (AvgIpc) is 3.10. The Labute approximate surface area is 150 Å². The van der Waals surface area contributed by atoms with E-state index in [4.69, 9.17) is 9.26 Å². The lowest BCUT2D eigenvalue weighted by Gasteiger charge is -2.04. The minimum absolute atomic E-state index is 0.0171. The summed E-state index contributed by atoms with van der Waals surface area (Å²) < 4.78 is 10.4. The van der Waals surface area contributed by atoms with Crippen LogP contribution in [-0.2, 0) is 11.2 Å². The summed E-state index contributed by atoms with van der Waals surface area (Å²) in [7, 11) is 1.60. The van der Waals surface area contributed by atoms with Gasteiger partial charge in [-0.2, -0.15) is 0 Å². The topological polar surface area (TPSA) is 81.4 Å². The Balaban J connectivity index is 1.62. The molecule has 3 aromatic rings. The van der Waals surface area contributed by atoms with Crippen LogP contribution in [0.5, 0.6) is 5.75 Å². The first kappa shape index (κ1) is 17.4. The lowest BCUT2D eigenvalue weighted by atomic mass is 10.1. The fraction of sp³-hybridized carbons (Fsp3) is 0.150. The van der Waals surface area contributed by atoms with Gasteiger partial charge < -0.3 is 14.6 Å². The number of Topliss-reactive ketones (excluding diaryl/α,β-unsaturated/α-hetero) is 1. The minimum atomic E-state index is -0.213. The van der Waals surface area contributed by atoms with E-state index < -0.39 is 0 Å². The fourth-order valence-corrected chi connectivity index (χ4v) is 2.44. The van der Waals surface area contributed by atoms with Crippen molar-refractivity contribution in [2.75, 3.05) is 12.4 Å². The van der Waals surface area contributed by atoms with Crippen molar-refractivity contribution < 1.29 is 18.8 Å². The molecule has 0 fully saturated rings. The van der Waals surface area contributed by atoms with Gasteiger partial charge >= 0.3 is 0 Å². The van der Waals surface area contributed by atoms with Gasteiger partial charge in [0.1, 0.15) is 5.75 Å². The molecule has 6 nitrogen and oxygen atoms in total. The SMILES string of the molecule is COc1ccc(-c2cc(CC(=O)Nc3ccc(C(C)=O)cc3)no2)cc1. The Hall–Kier alpha value is -3.41. The highest BCUT2D eigenvalue weighted by molar-refractivity contribution is 5.96. The lowest BCUT2D eigenvalue weighted by Crippen LogP contribution is -2.14. The maximum Gasteiger partial charge on any atom is 0.230 e. The number of nitrogens with one attached hydrogen (secondary N) is 1. The number of carbonyl (C=O) groups excluding carboxylic acids is 2. The van der Waals surface area contributed by atoms with Crippen LogP contribution in [0.15, 0.2) is 59.1 Å². The number of hydrogen-bond donors (Lipinski definition) is 1. The molecule has 1 heterocycles. The molecule has 6 heteroatoms. The largest absolute Gasteiger partial charge is 0.497 e. The molecule has 1 amide bonds. The first-order valence-electron chi connectivity index (χ1n) is 8.06. The second-order valence-corrected chi connectivity index (χ2v) is 5.77. The van der Waals surface area contributed by atoms with Crippen LogP contribution in [0.25, 0.3) is 11.3 Å². The van der Waals surface area contributed by atoms with Crippen molar-refractivity contribution in [3.63, 3.8) is 0 Å². The van der Waals surface area contributed by atoms with Gasteiger partial charge in [0.25, 0.3) is 0 Å². The number of nitrogens with zero attached hydrogens (tertiary/aromatic N) is 1. The summed E-state index contributed by atoms with van der Waals surface area (Å²) in [6.45, 7) is 1.50. The zero-order chi connectivity index (χ0) is 18.5. The standard InChI is InChI=1S/C20H18N2O4/c1-13(23)14-3-7-16(8-4-14)21-20(24)12-17-11-19(26-22-17)15-5-9-18(25-2)10-6-15/h3-11H,12H2,1-2H3,(H,21,24). The first-order chi connectivity index (χ1) is 12.5. The van der Waals surface area contributed by atoms with Gasteiger partial charge in [-0.15, -0.1) is 0 Å². The van der Waals surface area contributed by atoms with Crippen LogP contribution in [-0.4, -0.2) is 24.0 Å². The predicted molar refractivity (Wildman–Crippen MR) is 97.3 cm³/mol. The molecule has 0 saturated carbocycles. The molecule has 1 aromatic heterocycles. The van der Waals surface area contributed by atoms with E-state index in [-0.39, 0.29) is 18.1 Å². The molecule has 0 spiro atoms. The van der Waals surface area contributed by atoms with Gasteiger partial charge in [0.05, 0.1) is 19.2 Å². The Morgan fingerprint density at radius 2 is 1.77 bits per heavy atom. The summed E-state index contributed by atoms with van der Waals surface area (Å²) in [6, 6.07) is 15.9. The third-order valence-electron chi connectivity index (χ3n) is 3.85. The van der Waals surface area contributed by atoms with Crippen molar-refractivity contribution >= 4 is 17.4 Å². The molecule has 0 bridgehead atoms. The molecule has 1 N–H and O–H groups in total. The summed E-state index contributed by atoms with van der Waals surface area (Å²) in [5.74, 6) is 1.11. The molecular formula is C20H18N2O4. The Morgan fingerprint density at radius 3 is 2.38 bits per heavy atom. The molecule has 132 valence electrons. The zero-order valence-electron chi connectivity index (χ0n) is 14.5. The summed E-state index contributed by atoms with van der Waals surface area (Å²) in [6.07, 6.45) is 0.0914. The summed E-state index contributed by atoms with van der Waals surface area (Å²) in [4.78, 5) is 23.4. The van der Waals surface area contributed by atoms with Crippen molar-refractivity contribution in [2.45, 2.75) is 13.3 Å². The summed E-state index contributed by atoms with van der Waals surface area (Å²) in [5, 5.41) is 6.71. The van der Waals surface area contributed by atoms with Crippen LogP contribution in [0, 0.1) is 0 Å². The number of amides is 1. The van der Waals surface area contributed by atoms with Crippen LogP contribution < -0.4 is 10.1 Å². The number of ketones is 1. The van der Waals surface area contributed by atoms with E-state index >= 15 is 0 Å². The highest BCUT2D eigenvalue weighted by Gasteiger charge is 2.11. The van der Waals surface area contributed by atoms with Crippen molar-refractivity contribution in [3.05, 3.63) is 65.9 Å². The van der Waals surface area contributed by atoms with Crippen molar-refractivity contribution in [1.29, 1.82) is 0 Å². The second-order valence-electron chi connectivity index (χ2n) is 5.77. The van der Waals surface area contributed by atoms with Crippen molar-refractivity contribution in [3.8, 4) is 17.1 Å². The molecule has 0 unspecified atom stereocenters. The highest BCUT2D eigenvalue weighted by atomic mass is 16.5. The maximum absolute atomic E-state index is 12.2. The van der Waals surface area contributed by atoms with Crippen LogP contribution in [0.1, 0.15) is 23.0 Å². The van der Waals surface area contributed by atoms with Crippen LogP contribution in [0.4, 0.5) is 5.69 Å². The molecule has 0 aliphatic rings. The molecule has 0 saturated heterocycles. The molecule has 3 rings (SSSR count). The molecule has 26 heavy (non-hydrogen) atoms. The van der Waals surface area contributed by atoms with E-state index in [1.807, 2.05) is 24.3 Å². The molecule has 2 aromatic carbocycles. The maximum atomic E-state index is 12.2. The zero-order valence-corrected chi connectivity index (χ0v) is 14.5. The van der Waals surface area contributed by atoms with E-state index in [0.29, 0.717) is 22.7 Å². The van der Waals surface area contributed by atoms with E-state index in [2.05, 4.69) is 10.5 Å². The van der Waals surface area contributed by atoms with E-state index in [9.17, 15) is 9.59 Å². The van der Waals surface area contributed by atoms with Crippen molar-refractivity contribution in [2.24, 2.45) is 0 Å². The monoisotopic (exact) mass is 350 g/mol. The molecule has 0 aliphatic carbocycles. The van der Waals surface area contributed by atoms with Gasteiger partial charge in [-0.25, -0.2) is 0 Å². The van der Waals surface area contributed by atoms with Gasteiger partial charge in [0, 0.05) is 22.9 Å². The van der Waals surface area contributed by atoms with E-state index in [1.54, 1.807) is 37.4 Å². The number of aromatic nitrogens is 1. The quantitative estimate of drug-likeness (QED) is 0.685. The number of rotatable bonds is 6. The normalized spacial score (nSPS) is 10.4. The number of methoxy groups -OCH3 is 1. The smallest absolute Gasteiger partial charge is 0.230 e. The third kappa shape index (κ3) is 4.16. The summed E-state index contributed by atoms with van der Waals surface area (Å²) >= 11 is 0. The Kier molecular flexibility index (Phi) is 5.12. The second kappa shape index (κ2) is 7.65. The highest BCUT2D eigenvalue weighted by Crippen LogP contribution is 2.23. The third-order valence-corrected chi connectivity index (χ3v) is 3.85. The molecule has 0 aliphatic heterocycles. The van der Waals surface area contributed by atoms with E-state index in [1.165, 1.54) is 6.92 Å². The number of carbonyl (C=O) groups is 2. The van der Waals surface area contributed by atoms with Gasteiger partial charge in [-0.05, 0) is 55.5 Å². The van der Waals surface area contributed by atoms with Gasteiger partial charge in [-0.3, -0.25) is 9.59 Å². The molecular weight excluding hydrogens is 332 g/mol. The average molecular weight is 350 g/mol. The van der Waals surface area contributed by atoms with Crippen LogP contribution in [0.3, 0.4) is 0 Å². The van der Waals surface area contributed by atoms with Gasteiger partial charge in [-0.1, -0.05) is 5.16 Å². The Bertz CT molecular complexity index is 912. The summed E-state index contributed by atoms with van der Waals surface area (Å²) in [5.41, 5.74) is 2.61. The number of anilines is 1. The number of benzene rings is 2. The number of ether oxygens (including phenoxy) is 1. The van der Waals surface area contributed by atoms with Gasteiger partial charge in [0.15, 0.2) is 11.5 Å². The van der Waals surface area contributed by atoms with E-state index in [0.717, 1.165) is 11.3 Å². The minimum Gasteiger partial charge on any atom is -0.497 e.